The van der Waals surface area contributed by atoms with Gasteiger partial charge in [0.15, 0.2) is 0 Å². The van der Waals surface area contributed by atoms with E-state index in [4.69, 9.17) is 27.9 Å². The van der Waals surface area contributed by atoms with Gasteiger partial charge in [0.1, 0.15) is 5.75 Å². The molecule has 1 heterocycles. The minimum absolute atomic E-state index is 0.128. The maximum Gasteiger partial charge on any atom is 0.124 e. The quantitative estimate of drug-likeness (QED) is 0.549. The Hall–Kier alpha value is -1.16. The minimum atomic E-state index is 0.128. The number of anilines is 1. The van der Waals surface area contributed by atoms with Crippen LogP contribution < -0.4 is 10.1 Å². The lowest BCUT2D eigenvalue weighted by atomic mass is 9.77. The zero-order valence-corrected chi connectivity index (χ0v) is 16.1. The van der Waals surface area contributed by atoms with Crippen LogP contribution in [0.2, 0.25) is 10.0 Å². The van der Waals surface area contributed by atoms with E-state index in [1.54, 1.807) is 13.2 Å². The van der Waals surface area contributed by atoms with Crippen molar-refractivity contribution in [2.75, 3.05) is 12.4 Å². The number of benzene rings is 2. The van der Waals surface area contributed by atoms with Crippen molar-refractivity contribution < 1.29 is 4.74 Å². The lowest BCUT2D eigenvalue weighted by Gasteiger charge is -2.38. The predicted octanol–water partition coefficient (Wildman–Crippen LogP) is 6.59. The van der Waals surface area contributed by atoms with E-state index in [1.165, 1.54) is 5.56 Å². The van der Waals surface area contributed by atoms with E-state index in [1.807, 2.05) is 18.2 Å². The molecule has 1 aliphatic carbocycles. The molecule has 0 saturated carbocycles. The van der Waals surface area contributed by atoms with Crippen molar-refractivity contribution in [2.24, 2.45) is 5.92 Å². The van der Waals surface area contributed by atoms with E-state index in [-0.39, 0.29) is 6.04 Å². The molecule has 4 rings (SSSR count). The normalized spacial score (nSPS) is 24.2. The zero-order chi connectivity index (χ0) is 16.8. The molecule has 0 amide bonds. The van der Waals surface area contributed by atoms with Gasteiger partial charge in [0, 0.05) is 21.0 Å². The third-order valence-corrected chi connectivity index (χ3v) is 5.92. The summed E-state index contributed by atoms with van der Waals surface area (Å²) in [6.07, 6.45) is 5.54. The van der Waals surface area contributed by atoms with Crippen LogP contribution >= 0.6 is 39.1 Å². The fourth-order valence-corrected chi connectivity index (χ4v) is 4.82. The van der Waals surface area contributed by atoms with Crippen molar-refractivity contribution in [3.05, 3.63) is 68.1 Å². The summed E-state index contributed by atoms with van der Waals surface area (Å²) >= 11 is 16.3. The Morgan fingerprint density at radius 3 is 2.79 bits per heavy atom. The van der Waals surface area contributed by atoms with E-state index >= 15 is 0 Å². The molecule has 0 bridgehead atoms. The number of hydrogen-bond acceptors (Lipinski definition) is 2. The average Bonchev–Trinajstić information content (AvgIpc) is 3.04. The Kier molecular flexibility index (Phi) is 4.27. The Morgan fingerprint density at radius 1 is 1.17 bits per heavy atom. The van der Waals surface area contributed by atoms with Crippen molar-refractivity contribution in [2.45, 2.75) is 18.4 Å². The molecule has 3 atom stereocenters. The van der Waals surface area contributed by atoms with Gasteiger partial charge in [-0.05, 0) is 48.2 Å². The monoisotopic (exact) mass is 423 g/mol. The highest BCUT2D eigenvalue weighted by molar-refractivity contribution is 9.10. The number of hydrogen-bond donors (Lipinski definition) is 1. The Balaban J connectivity index is 1.86. The topological polar surface area (TPSA) is 21.3 Å². The maximum absolute atomic E-state index is 6.48. The molecule has 0 fully saturated rings. The van der Waals surface area contributed by atoms with Gasteiger partial charge in [-0.2, -0.15) is 0 Å². The molecule has 24 heavy (non-hydrogen) atoms. The van der Waals surface area contributed by atoms with Crippen molar-refractivity contribution in [1.29, 1.82) is 0 Å². The zero-order valence-electron chi connectivity index (χ0n) is 13.0. The summed E-state index contributed by atoms with van der Waals surface area (Å²) in [7, 11) is 1.71. The second kappa shape index (κ2) is 6.29. The Bertz CT molecular complexity index is 836. The van der Waals surface area contributed by atoms with E-state index < -0.39 is 0 Å². The van der Waals surface area contributed by atoms with E-state index in [9.17, 15) is 0 Å². The van der Waals surface area contributed by atoms with Gasteiger partial charge in [-0.15, -0.1) is 0 Å². The van der Waals surface area contributed by atoms with Crippen LogP contribution in [0.15, 0.2) is 47.0 Å². The largest absolute Gasteiger partial charge is 0.496 e. The number of fused-ring (bicyclic) bond motifs is 3. The first-order valence-electron chi connectivity index (χ1n) is 7.84. The fourth-order valence-electron chi connectivity index (χ4n) is 3.88. The molecule has 2 aliphatic rings. The van der Waals surface area contributed by atoms with E-state index in [0.29, 0.717) is 21.9 Å². The second-order valence-electron chi connectivity index (χ2n) is 6.21. The third kappa shape index (κ3) is 2.63. The lowest BCUT2D eigenvalue weighted by molar-refractivity contribution is 0.381. The molecule has 2 nitrogen and oxygen atoms in total. The molecule has 0 saturated heterocycles. The van der Waals surface area contributed by atoms with Crippen LogP contribution in [0.25, 0.3) is 0 Å². The third-order valence-electron chi connectivity index (χ3n) is 4.91. The summed E-state index contributed by atoms with van der Waals surface area (Å²) in [5, 5.41) is 4.99. The van der Waals surface area contributed by atoms with Crippen LogP contribution in [-0.2, 0) is 0 Å². The Morgan fingerprint density at radius 2 is 2.00 bits per heavy atom. The molecule has 2 aromatic carbocycles. The molecular weight excluding hydrogens is 409 g/mol. The van der Waals surface area contributed by atoms with Gasteiger partial charge < -0.3 is 10.1 Å². The van der Waals surface area contributed by atoms with Crippen molar-refractivity contribution in [3.8, 4) is 5.75 Å². The summed E-state index contributed by atoms with van der Waals surface area (Å²) in [6, 6.07) is 10.1. The van der Waals surface area contributed by atoms with Gasteiger partial charge in [-0.25, -0.2) is 0 Å². The van der Waals surface area contributed by atoms with Crippen molar-refractivity contribution in [3.63, 3.8) is 0 Å². The molecule has 0 unspecified atom stereocenters. The summed E-state index contributed by atoms with van der Waals surface area (Å²) < 4.78 is 6.64. The average molecular weight is 425 g/mol. The molecule has 2 aromatic rings. The minimum Gasteiger partial charge on any atom is -0.496 e. The first-order valence-corrected chi connectivity index (χ1v) is 9.39. The van der Waals surface area contributed by atoms with Crippen LogP contribution in [0.4, 0.5) is 5.69 Å². The predicted molar refractivity (Wildman–Crippen MR) is 104 cm³/mol. The molecule has 0 spiro atoms. The smallest absolute Gasteiger partial charge is 0.124 e. The summed E-state index contributed by atoms with van der Waals surface area (Å²) in [4.78, 5) is 0. The van der Waals surface area contributed by atoms with Crippen molar-refractivity contribution >= 4 is 44.8 Å². The fraction of sp³-hybridized carbons (Fsp3) is 0.263. The number of halogens is 3. The summed E-state index contributed by atoms with van der Waals surface area (Å²) in [6.45, 7) is 0. The highest BCUT2D eigenvalue weighted by Crippen LogP contribution is 2.53. The number of ether oxygens (including phenoxy) is 1. The summed E-state index contributed by atoms with van der Waals surface area (Å²) in [5.74, 6) is 1.61. The van der Waals surface area contributed by atoms with Gasteiger partial charge in [-0.1, -0.05) is 51.3 Å². The van der Waals surface area contributed by atoms with E-state index in [2.05, 4.69) is 39.5 Å². The maximum atomic E-state index is 6.48. The number of nitrogens with one attached hydrogen (secondary N) is 1. The Labute approximate surface area is 159 Å². The van der Waals surface area contributed by atoms with Crippen LogP contribution in [0.5, 0.6) is 5.75 Å². The highest BCUT2D eigenvalue weighted by atomic mass is 79.9. The highest BCUT2D eigenvalue weighted by Gasteiger charge is 2.40. The standard InChI is InChI=1S/C19H16BrCl2NO/c1-24-17-6-5-10(20)7-15(17)18-13-4-2-3-12(13)14-8-11(21)9-16(22)19(14)23-18/h2-3,5-9,12-13,18,23H,4H2,1H3/t12-,13+,18-/m1/s1. The molecule has 124 valence electrons. The van der Waals surface area contributed by atoms with Crippen LogP contribution in [-0.4, -0.2) is 7.11 Å². The van der Waals surface area contributed by atoms with Gasteiger partial charge in [0.25, 0.3) is 0 Å². The number of allylic oxidation sites excluding steroid dienone is 2. The van der Waals surface area contributed by atoms with Crippen LogP contribution in [0.3, 0.4) is 0 Å². The number of methoxy groups -OCH3 is 1. The molecule has 0 aromatic heterocycles. The van der Waals surface area contributed by atoms with Crippen molar-refractivity contribution in [1.82, 2.24) is 0 Å². The van der Waals surface area contributed by atoms with Gasteiger partial charge >= 0.3 is 0 Å². The molecular formula is C19H16BrCl2NO. The molecule has 1 aliphatic heterocycles. The van der Waals surface area contributed by atoms with Gasteiger partial charge in [0.05, 0.1) is 23.9 Å². The molecule has 5 heteroatoms. The van der Waals surface area contributed by atoms with Gasteiger partial charge in [-0.3, -0.25) is 0 Å². The molecule has 1 N–H and O–H groups in total. The first-order chi connectivity index (χ1) is 11.6. The second-order valence-corrected chi connectivity index (χ2v) is 7.97. The first kappa shape index (κ1) is 16.3. The van der Waals surface area contributed by atoms with Crippen LogP contribution in [0.1, 0.15) is 29.5 Å². The lowest BCUT2D eigenvalue weighted by Crippen LogP contribution is -2.29. The SMILES string of the molecule is COc1ccc(Br)cc1[C@@H]1Nc2c(Cl)cc(Cl)cc2[C@@H]2C=CC[C@@H]21. The molecule has 0 radical (unpaired) electrons. The van der Waals surface area contributed by atoms with Crippen LogP contribution in [0, 0.1) is 5.92 Å². The number of rotatable bonds is 2. The van der Waals surface area contributed by atoms with Gasteiger partial charge in [0.2, 0.25) is 0 Å². The van der Waals surface area contributed by atoms with E-state index in [0.717, 1.165) is 27.9 Å². The summed E-state index contributed by atoms with van der Waals surface area (Å²) in [5.41, 5.74) is 3.29.